The van der Waals surface area contributed by atoms with Crippen LogP contribution in [0.1, 0.15) is 31.1 Å². The number of benzene rings is 1. The third kappa shape index (κ3) is 4.45. The summed E-state index contributed by atoms with van der Waals surface area (Å²) in [6.07, 6.45) is -0.171. The van der Waals surface area contributed by atoms with Crippen molar-refractivity contribution in [1.82, 2.24) is 0 Å². The third-order valence-electron chi connectivity index (χ3n) is 2.94. The van der Waals surface area contributed by atoms with Crippen LogP contribution in [0, 0.1) is 5.82 Å². The van der Waals surface area contributed by atoms with Gasteiger partial charge in [-0.2, -0.15) is 0 Å². The van der Waals surface area contributed by atoms with E-state index < -0.39 is 11.8 Å². The summed E-state index contributed by atoms with van der Waals surface area (Å²) in [5, 5.41) is 0. The van der Waals surface area contributed by atoms with Crippen molar-refractivity contribution >= 4 is 5.97 Å². The first-order valence-electron chi connectivity index (χ1n) is 6.36. The van der Waals surface area contributed by atoms with Gasteiger partial charge in [0, 0.05) is 0 Å². The molecule has 0 aliphatic heterocycles. The lowest BCUT2D eigenvalue weighted by Crippen LogP contribution is -3.12. The first-order chi connectivity index (χ1) is 8.56. The van der Waals surface area contributed by atoms with Crippen LogP contribution < -0.4 is 4.90 Å². The lowest BCUT2D eigenvalue weighted by molar-refractivity contribution is -0.899. The summed E-state index contributed by atoms with van der Waals surface area (Å²) in [7, 11) is 0. The molecular weight excluding hydrogens is 233 g/mol. The fraction of sp³-hybridized carbons (Fsp3) is 0.500. The fourth-order valence-electron chi connectivity index (χ4n) is 1.85. The highest BCUT2D eigenvalue weighted by molar-refractivity contribution is 5.89. The summed E-state index contributed by atoms with van der Waals surface area (Å²) in [6.45, 7) is 8.83. The van der Waals surface area contributed by atoms with Gasteiger partial charge in [-0.25, -0.2) is 9.18 Å². The van der Waals surface area contributed by atoms with E-state index in [0.29, 0.717) is 0 Å². The molecule has 3 nitrogen and oxygen atoms in total. The number of esters is 1. The Labute approximate surface area is 108 Å². The molecular formula is C14H21FNO2+. The van der Waals surface area contributed by atoms with E-state index in [-0.39, 0.29) is 11.7 Å². The van der Waals surface area contributed by atoms with Crippen LogP contribution in [0.15, 0.2) is 24.3 Å². The molecule has 1 aromatic carbocycles. The fourth-order valence-corrected chi connectivity index (χ4v) is 1.85. The summed E-state index contributed by atoms with van der Waals surface area (Å²) in [5.74, 6) is -0.889. The standard InChI is InChI=1S/C14H20FNO2/c1-4-16(5-2)10-11(3)18-14(17)12-7-6-8-13(15)9-12/h6-9,11H,4-5,10H2,1-3H3/p+1/t11-/m0/s1. The van der Waals surface area contributed by atoms with Gasteiger partial charge in [0.05, 0.1) is 18.7 Å². The molecule has 0 radical (unpaired) electrons. The van der Waals surface area contributed by atoms with Crippen LogP contribution in [0.4, 0.5) is 4.39 Å². The lowest BCUT2D eigenvalue weighted by Gasteiger charge is -2.20. The Balaban J connectivity index is 2.54. The van der Waals surface area contributed by atoms with Crippen molar-refractivity contribution in [2.45, 2.75) is 26.9 Å². The van der Waals surface area contributed by atoms with Gasteiger partial charge in [0.1, 0.15) is 18.5 Å². The molecule has 0 heterocycles. The van der Waals surface area contributed by atoms with Crippen LogP contribution in [-0.4, -0.2) is 31.7 Å². The Kier molecular flexibility index (Phi) is 5.78. The van der Waals surface area contributed by atoms with E-state index in [1.807, 2.05) is 6.92 Å². The smallest absolute Gasteiger partial charge is 0.338 e. The second-order valence-electron chi connectivity index (χ2n) is 4.39. The first kappa shape index (κ1) is 14.6. The van der Waals surface area contributed by atoms with Gasteiger partial charge < -0.3 is 9.64 Å². The molecule has 0 aliphatic carbocycles. The third-order valence-corrected chi connectivity index (χ3v) is 2.94. The van der Waals surface area contributed by atoms with Crippen molar-refractivity contribution in [1.29, 1.82) is 0 Å². The van der Waals surface area contributed by atoms with Crippen molar-refractivity contribution in [2.24, 2.45) is 0 Å². The second-order valence-corrected chi connectivity index (χ2v) is 4.39. The predicted octanol–water partition coefficient (Wildman–Crippen LogP) is 1.30. The van der Waals surface area contributed by atoms with Crippen LogP contribution in [0.5, 0.6) is 0 Å². The molecule has 0 amide bonds. The van der Waals surface area contributed by atoms with Gasteiger partial charge in [-0.3, -0.25) is 0 Å². The normalized spacial score (nSPS) is 12.5. The van der Waals surface area contributed by atoms with Crippen molar-refractivity contribution in [2.75, 3.05) is 19.6 Å². The second kappa shape index (κ2) is 7.11. The molecule has 4 heteroatoms. The molecule has 1 atom stereocenters. The zero-order valence-corrected chi connectivity index (χ0v) is 11.2. The van der Waals surface area contributed by atoms with Crippen LogP contribution in [-0.2, 0) is 4.74 Å². The molecule has 0 bridgehead atoms. The van der Waals surface area contributed by atoms with Crippen LogP contribution >= 0.6 is 0 Å². The highest BCUT2D eigenvalue weighted by Gasteiger charge is 2.16. The maximum Gasteiger partial charge on any atom is 0.338 e. The Morgan fingerprint density at radius 3 is 2.61 bits per heavy atom. The zero-order valence-electron chi connectivity index (χ0n) is 11.2. The molecule has 1 N–H and O–H groups in total. The summed E-state index contributed by atoms with van der Waals surface area (Å²) < 4.78 is 18.3. The summed E-state index contributed by atoms with van der Waals surface area (Å²) in [4.78, 5) is 13.1. The lowest BCUT2D eigenvalue weighted by atomic mass is 10.2. The number of carbonyl (C=O) groups excluding carboxylic acids is 1. The van der Waals surface area contributed by atoms with E-state index in [2.05, 4.69) is 13.8 Å². The summed E-state index contributed by atoms with van der Waals surface area (Å²) >= 11 is 0. The Morgan fingerprint density at radius 1 is 1.39 bits per heavy atom. The SMILES string of the molecule is CC[NH+](CC)C[C@H](C)OC(=O)c1cccc(F)c1. The van der Waals surface area contributed by atoms with E-state index in [9.17, 15) is 9.18 Å². The Hall–Kier alpha value is -1.42. The molecule has 0 aromatic heterocycles. The quantitative estimate of drug-likeness (QED) is 0.776. The molecule has 1 rings (SSSR count). The van der Waals surface area contributed by atoms with Gasteiger partial charge in [0.15, 0.2) is 0 Å². The van der Waals surface area contributed by atoms with E-state index in [1.165, 1.54) is 23.1 Å². The van der Waals surface area contributed by atoms with E-state index in [4.69, 9.17) is 4.74 Å². The zero-order chi connectivity index (χ0) is 13.5. The molecule has 100 valence electrons. The first-order valence-corrected chi connectivity index (χ1v) is 6.36. The van der Waals surface area contributed by atoms with Gasteiger partial charge in [-0.1, -0.05) is 6.07 Å². The molecule has 0 saturated carbocycles. The van der Waals surface area contributed by atoms with Crippen molar-refractivity contribution in [3.8, 4) is 0 Å². The number of ether oxygens (including phenoxy) is 1. The number of hydrogen-bond acceptors (Lipinski definition) is 2. The van der Waals surface area contributed by atoms with Crippen LogP contribution in [0.3, 0.4) is 0 Å². The van der Waals surface area contributed by atoms with Gasteiger partial charge in [-0.05, 0) is 39.0 Å². The van der Waals surface area contributed by atoms with Crippen molar-refractivity contribution in [3.63, 3.8) is 0 Å². The number of rotatable bonds is 6. The minimum Gasteiger partial charge on any atom is -0.453 e. The Bertz CT molecular complexity index is 391. The number of likely N-dealkylation sites (N-methyl/N-ethyl adjacent to an activating group) is 1. The monoisotopic (exact) mass is 254 g/mol. The van der Waals surface area contributed by atoms with E-state index >= 15 is 0 Å². The number of halogens is 1. The minimum atomic E-state index is -0.464. The van der Waals surface area contributed by atoms with Crippen molar-refractivity contribution < 1.29 is 18.8 Å². The van der Waals surface area contributed by atoms with Crippen LogP contribution in [0.25, 0.3) is 0 Å². The van der Waals surface area contributed by atoms with Gasteiger partial charge in [-0.15, -0.1) is 0 Å². The summed E-state index contributed by atoms with van der Waals surface area (Å²) in [5.41, 5.74) is 0.261. The van der Waals surface area contributed by atoms with Crippen molar-refractivity contribution in [3.05, 3.63) is 35.6 Å². The molecule has 0 fully saturated rings. The molecule has 0 saturated heterocycles. The average molecular weight is 254 g/mol. The Morgan fingerprint density at radius 2 is 2.06 bits per heavy atom. The number of nitrogens with one attached hydrogen (secondary N) is 1. The average Bonchev–Trinajstić information content (AvgIpc) is 2.35. The number of carbonyl (C=O) groups is 1. The molecule has 1 aromatic rings. The highest BCUT2D eigenvalue weighted by Crippen LogP contribution is 2.06. The van der Waals surface area contributed by atoms with Crippen LogP contribution in [0.2, 0.25) is 0 Å². The maximum absolute atomic E-state index is 13.0. The largest absolute Gasteiger partial charge is 0.453 e. The predicted molar refractivity (Wildman–Crippen MR) is 68.2 cm³/mol. The van der Waals surface area contributed by atoms with E-state index in [0.717, 1.165) is 19.6 Å². The topological polar surface area (TPSA) is 30.7 Å². The maximum atomic E-state index is 13.0. The number of hydrogen-bond donors (Lipinski definition) is 1. The van der Waals surface area contributed by atoms with Gasteiger partial charge >= 0.3 is 5.97 Å². The molecule has 0 aliphatic rings. The van der Waals surface area contributed by atoms with E-state index in [1.54, 1.807) is 6.07 Å². The minimum absolute atomic E-state index is 0.171. The molecule has 0 unspecified atom stereocenters. The molecule has 0 spiro atoms. The van der Waals surface area contributed by atoms with Gasteiger partial charge in [0.25, 0.3) is 0 Å². The van der Waals surface area contributed by atoms with Gasteiger partial charge in [0.2, 0.25) is 0 Å². The highest BCUT2D eigenvalue weighted by atomic mass is 19.1. The summed E-state index contributed by atoms with van der Waals surface area (Å²) in [6, 6.07) is 5.56. The molecule has 18 heavy (non-hydrogen) atoms. The number of quaternary nitrogens is 1.